The number of aliphatic hydroxyl groups is 1. The summed E-state index contributed by atoms with van der Waals surface area (Å²) < 4.78 is 50.5. The summed E-state index contributed by atoms with van der Waals surface area (Å²) in [7, 11) is 2.99. The van der Waals surface area contributed by atoms with Gasteiger partial charge in [0.2, 0.25) is 0 Å². The number of rotatable bonds is 7. The lowest BCUT2D eigenvalue weighted by atomic mass is 10.1. The van der Waals surface area contributed by atoms with Crippen LogP contribution in [0.1, 0.15) is 11.7 Å². The van der Waals surface area contributed by atoms with Crippen molar-refractivity contribution in [3.05, 3.63) is 48.0 Å². The Bertz CT molecular complexity index is 795. The Labute approximate surface area is 182 Å². The van der Waals surface area contributed by atoms with Gasteiger partial charge >= 0.3 is 6.36 Å². The van der Waals surface area contributed by atoms with E-state index < -0.39 is 12.5 Å². The minimum absolute atomic E-state index is 0. The van der Waals surface area contributed by atoms with Crippen LogP contribution in [-0.4, -0.2) is 38.2 Å². The summed E-state index contributed by atoms with van der Waals surface area (Å²) in [5, 5.41) is 13.0. The number of nitrogens with one attached hydrogen (secondary N) is 1. The van der Waals surface area contributed by atoms with Crippen LogP contribution in [0.2, 0.25) is 0 Å². The minimum Gasteiger partial charge on any atom is -0.497 e. The van der Waals surface area contributed by atoms with Crippen molar-refractivity contribution in [1.29, 1.82) is 0 Å². The van der Waals surface area contributed by atoms with Gasteiger partial charge < -0.3 is 30.4 Å². The molecule has 0 amide bonds. The highest BCUT2D eigenvalue weighted by Gasteiger charge is 2.30. The smallest absolute Gasteiger partial charge is 0.497 e. The molecule has 0 heterocycles. The highest BCUT2D eigenvalue weighted by atomic mass is 127. The highest BCUT2D eigenvalue weighted by molar-refractivity contribution is 14.0. The number of halogens is 4. The van der Waals surface area contributed by atoms with Crippen LogP contribution in [0.4, 0.5) is 18.9 Å². The molecule has 2 aromatic carbocycles. The molecule has 4 N–H and O–H groups in total. The quantitative estimate of drug-likeness (QED) is 0.289. The topological polar surface area (TPSA) is 98.3 Å². The monoisotopic (exact) mass is 527 g/mol. The molecule has 1 unspecified atom stereocenters. The zero-order valence-electron chi connectivity index (χ0n) is 15.6. The van der Waals surface area contributed by atoms with Crippen LogP contribution in [0.25, 0.3) is 0 Å². The van der Waals surface area contributed by atoms with Gasteiger partial charge in [0, 0.05) is 11.8 Å². The maximum atomic E-state index is 12.1. The van der Waals surface area contributed by atoms with Crippen LogP contribution < -0.4 is 25.3 Å². The lowest BCUT2D eigenvalue weighted by molar-refractivity contribution is -0.274. The van der Waals surface area contributed by atoms with Crippen molar-refractivity contribution >= 4 is 35.6 Å². The molecule has 0 fully saturated rings. The van der Waals surface area contributed by atoms with Crippen molar-refractivity contribution in [2.24, 2.45) is 10.7 Å². The number of ether oxygens (including phenoxy) is 3. The van der Waals surface area contributed by atoms with E-state index >= 15 is 0 Å². The Hall–Kier alpha value is -2.41. The van der Waals surface area contributed by atoms with E-state index in [1.54, 1.807) is 18.2 Å². The number of nitrogens with two attached hydrogens (primary N) is 1. The first-order valence-electron chi connectivity index (χ1n) is 8.04. The number of alkyl halides is 3. The number of aliphatic hydroxyl groups excluding tert-OH is 1. The van der Waals surface area contributed by atoms with E-state index in [9.17, 15) is 18.3 Å². The van der Waals surface area contributed by atoms with Crippen molar-refractivity contribution in [3.8, 4) is 17.2 Å². The lowest BCUT2D eigenvalue weighted by Crippen LogP contribution is -2.23. The summed E-state index contributed by atoms with van der Waals surface area (Å²) >= 11 is 0. The van der Waals surface area contributed by atoms with Crippen LogP contribution in [0, 0.1) is 0 Å². The van der Waals surface area contributed by atoms with Crippen LogP contribution >= 0.6 is 24.0 Å². The third-order valence-electron chi connectivity index (χ3n) is 3.55. The number of hydrogen-bond donors (Lipinski definition) is 3. The van der Waals surface area contributed by atoms with Crippen molar-refractivity contribution in [3.63, 3.8) is 0 Å². The largest absolute Gasteiger partial charge is 0.573 e. The standard InChI is InChI=1S/C18H20F3N3O4.HI/c1-26-14-7-11(8-15(9-14)27-2)16(25)10-23-17(22)24-12-3-5-13(6-4-12)28-18(19,20)21;/h3-9,16,25H,10H2,1-2H3,(H3,22,23,24);1H. The summed E-state index contributed by atoms with van der Waals surface area (Å²) in [4.78, 5) is 4.03. The van der Waals surface area contributed by atoms with E-state index in [1.165, 1.54) is 26.4 Å². The maximum absolute atomic E-state index is 12.1. The van der Waals surface area contributed by atoms with E-state index in [-0.39, 0.29) is 42.2 Å². The summed E-state index contributed by atoms with van der Waals surface area (Å²) in [6, 6.07) is 9.94. The van der Waals surface area contributed by atoms with Gasteiger partial charge in [-0.15, -0.1) is 37.1 Å². The van der Waals surface area contributed by atoms with Gasteiger partial charge in [-0.05, 0) is 42.0 Å². The molecule has 2 rings (SSSR count). The average Bonchev–Trinajstić information content (AvgIpc) is 2.66. The Balaban J connectivity index is 0.00000420. The number of benzene rings is 2. The van der Waals surface area contributed by atoms with Crippen molar-refractivity contribution in [1.82, 2.24) is 0 Å². The predicted molar refractivity (Wildman–Crippen MR) is 113 cm³/mol. The molecule has 0 spiro atoms. The SMILES string of the molecule is COc1cc(OC)cc(C(O)CN=C(N)Nc2ccc(OC(F)(F)F)cc2)c1.I. The number of aliphatic imine (C=N–C) groups is 1. The second-order valence-electron chi connectivity index (χ2n) is 5.58. The fourth-order valence-electron chi connectivity index (χ4n) is 2.24. The Kier molecular flexibility index (Phi) is 9.30. The average molecular weight is 527 g/mol. The zero-order chi connectivity index (χ0) is 20.7. The summed E-state index contributed by atoms with van der Waals surface area (Å²) in [6.45, 7) is -0.0512. The molecule has 0 aliphatic rings. The van der Waals surface area contributed by atoms with Gasteiger partial charge in [0.1, 0.15) is 17.2 Å². The Morgan fingerprint density at radius 1 is 1.07 bits per heavy atom. The fraction of sp³-hybridized carbons (Fsp3) is 0.278. The maximum Gasteiger partial charge on any atom is 0.573 e. The van der Waals surface area contributed by atoms with E-state index in [0.29, 0.717) is 22.7 Å². The normalized spacial score (nSPS) is 12.6. The molecule has 0 aliphatic heterocycles. The van der Waals surface area contributed by atoms with Crippen molar-refractivity contribution in [2.45, 2.75) is 12.5 Å². The van der Waals surface area contributed by atoms with Crippen molar-refractivity contribution < 1.29 is 32.5 Å². The first kappa shape index (κ1) is 24.6. The molecular weight excluding hydrogens is 506 g/mol. The molecule has 2 aromatic rings. The molecule has 7 nitrogen and oxygen atoms in total. The molecule has 0 radical (unpaired) electrons. The molecule has 29 heavy (non-hydrogen) atoms. The first-order chi connectivity index (χ1) is 13.2. The molecule has 0 saturated heterocycles. The van der Waals surface area contributed by atoms with E-state index in [1.807, 2.05) is 0 Å². The Morgan fingerprint density at radius 3 is 2.10 bits per heavy atom. The van der Waals surface area contributed by atoms with E-state index in [0.717, 1.165) is 12.1 Å². The van der Waals surface area contributed by atoms with Gasteiger partial charge in [0.15, 0.2) is 5.96 Å². The fourth-order valence-corrected chi connectivity index (χ4v) is 2.24. The molecule has 1 atom stereocenters. The third kappa shape index (κ3) is 8.23. The molecule has 0 aromatic heterocycles. The second-order valence-corrected chi connectivity index (χ2v) is 5.58. The van der Waals surface area contributed by atoms with E-state index in [2.05, 4.69) is 15.0 Å². The van der Waals surface area contributed by atoms with Crippen molar-refractivity contribution in [2.75, 3.05) is 26.1 Å². The minimum atomic E-state index is -4.76. The summed E-state index contributed by atoms with van der Waals surface area (Å²) in [5.41, 5.74) is 6.69. The predicted octanol–water partition coefficient (Wildman–Crippen LogP) is 3.68. The van der Waals surface area contributed by atoms with Gasteiger partial charge in [0.25, 0.3) is 0 Å². The van der Waals surface area contributed by atoms with Gasteiger partial charge in [-0.3, -0.25) is 4.99 Å². The third-order valence-corrected chi connectivity index (χ3v) is 3.55. The number of nitrogens with zero attached hydrogens (tertiary/aromatic N) is 1. The van der Waals surface area contributed by atoms with Gasteiger partial charge in [-0.1, -0.05) is 0 Å². The molecule has 0 bridgehead atoms. The Morgan fingerprint density at radius 2 is 1.62 bits per heavy atom. The number of anilines is 1. The molecule has 0 saturated carbocycles. The van der Waals surface area contributed by atoms with Gasteiger partial charge in [0.05, 0.1) is 26.9 Å². The van der Waals surface area contributed by atoms with Gasteiger partial charge in [-0.25, -0.2) is 0 Å². The molecular formula is C18H21F3IN3O4. The number of methoxy groups -OCH3 is 2. The van der Waals surface area contributed by atoms with Crippen LogP contribution in [0.5, 0.6) is 17.2 Å². The summed E-state index contributed by atoms with van der Waals surface area (Å²) in [5.74, 6) is 0.670. The van der Waals surface area contributed by atoms with Crippen LogP contribution in [-0.2, 0) is 0 Å². The number of hydrogen-bond acceptors (Lipinski definition) is 5. The zero-order valence-corrected chi connectivity index (χ0v) is 17.9. The first-order valence-corrected chi connectivity index (χ1v) is 8.04. The lowest BCUT2D eigenvalue weighted by Gasteiger charge is -2.13. The summed E-state index contributed by atoms with van der Waals surface area (Å²) in [6.07, 6.45) is -5.72. The molecule has 11 heteroatoms. The van der Waals surface area contributed by atoms with Crippen LogP contribution in [0.3, 0.4) is 0 Å². The second kappa shape index (κ2) is 11.0. The molecule has 0 aliphatic carbocycles. The van der Waals surface area contributed by atoms with Gasteiger partial charge in [-0.2, -0.15) is 0 Å². The van der Waals surface area contributed by atoms with E-state index in [4.69, 9.17) is 15.2 Å². The van der Waals surface area contributed by atoms with Crippen LogP contribution in [0.15, 0.2) is 47.5 Å². The number of guanidine groups is 1. The highest BCUT2D eigenvalue weighted by Crippen LogP contribution is 2.27. The molecule has 160 valence electrons.